The van der Waals surface area contributed by atoms with Gasteiger partial charge in [0.1, 0.15) is 5.58 Å². The molecule has 1 fully saturated rings. The number of nitrogens with one attached hydrogen (secondary N) is 1. The molecule has 8 heteroatoms. The number of furan rings is 1. The van der Waals surface area contributed by atoms with E-state index in [4.69, 9.17) is 9.15 Å². The summed E-state index contributed by atoms with van der Waals surface area (Å²) in [7, 11) is 0. The van der Waals surface area contributed by atoms with Gasteiger partial charge in [0.2, 0.25) is 5.76 Å². The molecule has 0 aliphatic carbocycles. The molecule has 0 bridgehead atoms. The van der Waals surface area contributed by atoms with Crippen molar-refractivity contribution >= 4 is 44.8 Å². The Hall–Kier alpha value is -2.35. The lowest BCUT2D eigenvalue weighted by molar-refractivity contribution is -0.136. The SMILES string of the molecule is Cc1c(C(=O)OC(C)C(=O)N2CCNC2=O)oc2ccc(Br)cc12. The van der Waals surface area contributed by atoms with Gasteiger partial charge in [-0.3, -0.25) is 9.69 Å². The number of benzene rings is 1. The maximum absolute atomic E-state index is 12.3. The summed E-state index contributed by atoms with van der Waals surface area (Å²) in [5, 5.41) is 3.31. The number of hydrogen-bond donors (Lipinski definition) is 1. The minimum absolute atomic E-state index is 0.0497. The zero-order chi connectivity index (χ0) is 17.4. The molecule has 24 heavy (non-hydrogen) atoms. The van der Waals surface area contributed by atoms with Crippen LogP contribution in [0, 0.1) is 6.92 Å². The van der Waals surface area contributed by atoms with Crippen LogP contribution in [0.1, 0.15) is 23.0 Å². The number of halogens is 1. The molecule has 0 spiro atoms. The highest BCUT2D eigenvalue weighted by molar-refractivity contribution is 9.10. The number of amides is 3. The van der Waals surface area contributed by atoms with Gasteiger partial charge in [-0.25, -0.2) is 9.59 Å². The van der Waals surface area contributed by atoms with Gasteiger partial charge in [0, 0.05) is 28.5 Å². The number of nitrogens with zero attached hydrogens (tertiary/aromatic N) is 1. The van der Waals surface area contributed by atoms with Crippen molar-refractivity contribution in [3.05, 3.63) is 34.0 Å². The van der Waals surface area contributed by atoms with Crippen LogP contribution >= 0.6 is 15.9 Å². The smallest absolute Gasteiger partial charge is 0.375 e. The second kappa shape index (κ2) is 6.27. The van der Waals surface area contributed by atoms with Gasteiger partial charge >= 0.3 is 12.0 Å². The van der Waals surface area contributed by atoms with Crippen LogP contribution in [0.5, 0.6) is 0 Å². The van der Waals surface area contributed by atoms with Crippen molar-refractivity contribution in [2.24, 2.45) is 0 Å². The van der Waals surface area contributed by atoms with Gasteiger partial charge in [0.05, 0.1) is 0 Å². The van der Waals surface area contributed by atoms with Gasteiger partial charge in [0.25, 0.3) is 5.91 Å². The summed E-state index contributed by atoms with van der Waals surface area (Å²) in [6.07, 6.45) is -1.08. The molecular formula is C16H15BrN2O5. The van der Waals surface area contributed by atoms with Crippen molar-refractivity contribution in [2.75, 3.05) is 13.1 Å². The van der Waals surface area contributed by atoms with E-state index in [0.29, 0.717) is 17.7 Å². The van der Waals surface area contributed by atoms with Crippen LogP contribution < -0.4 is 5.32 Å². The molecule has 1 aliphatic heterocycles. The van der Waals surface area contributed by atoms with Crippen LogP contribution in [0.3, 0.4) is 0 Å². The van der Waals surface area contributed by atoms with Crippen LogP contribution in [0.25, 0.3) is 11.0 Å². The van der Waals surface area contributed by atoms with Crippen molar-refractivity contribution in [2.45, 2.75) is 20.0 Å². The number of fused-ring (bicyclic) bond motifs is 1. The molecule has 1 atom stereocenters. The van der Waals surface area contributed by atoms with Crippen molar-refractivity contribution < 1.29 is 23.5 Å². The Morgan fingerprint density at radius 1 is 1.42 bits per heavy atom. The van der Waals surface area contributed by atoms with Crippen molar-refractivity contribution in [1.82, 2.24) is 10.2 Å². The van der Waals surface area contributed by atoms with E-state index in [1.807, 2.05) is 6.07 Å². The summed E-state index contributed by atoms with van der Waals surface area (Å²) in [4.78, 5) is 37.0. The van der Waals surface area contributed by atoms with Crippen LogP contribution in [0.4, 0.5) is 4.79 Å². The molecule has 0 saturated carbocycles. The normalized spacial score (nSPS) is 15.5. The summed E-state index contributed by atoms with van der Waals surface area (Å²) in [6.45, 7) is 3.83. The molecule has 3 amide bonds. The van der Waals surface area contributed by atoms with Crippen LogP contribution in [-0.4, -0.2) is 42.0 Å². The van der Waals surface area contributed by atoms with E-state index < -0.39 is 24.0 Å². The Bertz CT molecular complexity index is 844. The average molecular weight is 395 g/mol. The molecule has 1 unspecified atom stereocenters. The van der Waals surface area contributed by atoms with Gasteiger partial charge < -0.3 is 14.5 Å². The lowest BCUT2D eigenvalue weighted by Gasteiger charge is -2.17. The molecule has 2 heterocycles. The largest absolute Gasteiger partial charge is 0.449 e. The van der Waals surface area contributed by atoms with Crippen LogP contribution in [-0.2, 0) is 9.53 Å². The highest BCUT2D eigenvalue weighted by atomic mass is 79.9. The highest BCUT2D eigenvalue weighted by Gasteiger charge is 2.32. The Kier molecular flexibility index (Phi) is 4.31. The maximum atomic E-state index is 12.3. The number of rotatable bonds is 3. The first-order valence-corrected chi connectivity index (χ1v) is 8.16. The van der Waals surface area contributed by atoms with Gasteiger partial charge in [0.15, 0.2) is 6.10 Å². The molecule has 3 rings (SSSR count). The first kappa shape index (κ1) is 16.5. The van der Waals surface area contributed by atoms with Gasteiger partial charge in [-0.1, -0.05) is 15.9 Å². The van der Waals surface area contributed by atoms with E-state index >= 15 is 0 Å². The number of esters is 1. The summed E-state index contributed by atoms with van der Waals surface area (Å²) in [5.41, 5.74) is 1.19. The van der Waals surface area contributed by atoms with Crippen molar-refractivity contribution in [3.63, 3.8) is 0 Å². The number of imide groups is 1. The molecule has 1 aliphatic rings. The predicted octanol–water partition coefficient (Wildman–Crippen LogP) is 2.60. The van der Waals surface area contributed by atoms with Crippen molar-refractivity contribution in [3.8, 4) is 0 Å². The fourth-order valence-corrected chi connectivity index (χ4v) is 2.91. The standard InChI is InChI=1S/C16H15BrN2O5/c1-8-11-7-10(17)3-4-12(11)24-13(8)15(21)23-9(2)14(20)19-6-5-18-16(19)22/h3-4,7,9H,5-6H2,1-2H3,(H,18,22). The molecule has 1 aromatic carbocycles. The Balaban J connectivity index is 1.78. The molecular weight excluding hydrogens is 380 g/mol. The molecule has 1 N–H and O–H groups in total. The van der Waals surface area contributed by atoms with E-state index in [0.717, 1.165) is 14.8 Å². The molecule has 0 radical (unpaired) electrons. The van der Waals surface area contributed by atoms with Crippen molar-refractivity contribution in [1.29, 1.82) is 0 Å². The Morgan fingerprint density at radius 3 is 2.83 bits per heavy atom. The quantitative estimate of drug-likeness (QED) is 0.808. The van der Waals surface area contributed by atoms with E-state index in [1.54, 1.807) is 19.1 Å². The van der Waals surface area contributed by atoms with Crippen LogP contribution in [0.15, 0.2) is 27.1 Å². The zero-order valence-electron chi connectivity index (χ0n) is 13.1. The Morgan fingerprint density at radius 2 is 2.17 bits per heavy atom. The number of ether oxygens (including phenoxy) is 1. The fourth-order valence-electron chi connectivity index (χ4n) is 2.55. The highest BCUT2D eigenvalue weighted by Crippen LogP contribution is 2.28. The van der Waals surface area contributed by atoms with E-state index in [-0.39, 0.29) is 12.3 Å². The number of urea groups is 1. The van der Waals surface area contributed by atoms with Gasteiger partial charge in [-0.05, 0) is 32.0 Å². The summed E-state index contributed by atoms with van der Waals surface area (Å²) in [6, 6.07) is 4.91. The van der Waals surface area contributed by atoms with Gasteiger partial charge in [-0.2, -0.15) is 0 Å². The third kappa shape index (κ3) is 2.89. The zero-order valence-corrected chi connectivity index (χ0v) is 14.7. The third-order valence-corrected chi connectivity index (χ3v) is 4.33. The van der Waals surface area contributed by atoms with Gasteiger partial charge in [-0.15, -0.1) is 0 Å². The monoisotopic (exact) mass is 394 g/mol. The van der Waals surface area contributed by atoms with E-state index in [9.17, 15) is 14.4 Å². The summed E-state index contributed by atoms with van der Waals surface area (Å²) in [5.74, 6) is -1.25. The third-order valence-electron chi connectivity index (χ3n) is 3.84. The first-order chi connectivity index (χ1) is 11.4. The lowest BCUT2D eigenvalue weighted by atomic mass is 10.1. The number of carbonyl (C=O) groups excluding carboxylic acids is 3. The predicted molar refractivity (Wildman–Crippen MR) is 88.6 cm³/mol. The Labute approximate surface area is 146 Å². The fraction of sp³-hybridized carbons (Fsp3) is 0.312. The van der Waals surface area contributed by atoms with E-state index in [2.05, 4.69) is 21.2 Å². The molecule has 126 valence electrons. The first-order valence-electron chi connectivity index (χ1n) is 7.37. The minimum Gasteiger partial charge on any atom is -0.449 e. The number of aryl methyl sites for hydroxylation is 1. The van der Waals surface area contributed by atoms with E-state index in [1.165, 1.54) is 6.92 Å². The molecule has 2 aromatic rings. The number of hydrogen-bond acceptors (Lipinski definition) is 5. The topological polar surface area (TPSA) is 88.9 Å². The second-order valence-corrected chi connectivity index (χ2v) is 6.38. The summed E-state index contributed by atoms with van der Waals surface area (Å²) < 4.78 is 11.6. The average Bonchev–Trinajstić information content (AvgIpc) is 3.10. The molecule has 1 aromatic heterocycles. The minimum atomic E-state index is -1.08. The second-order valence-electron chi connectivity index (χ2n) is 5.47. The number of carbonyl (C=O) groups is 3. The lowest BCUT2D eigenvalue weighted by Crippen LogP contribution is -2.41. The summed E-state index contributed by atoms with van der Waals surface area (Å²) >= 11 is 3.37. The van der Waals surface area contributed by atoms with Crippen LogP contribution in [0.2, 0.25) is 0 Å². The molecule has 7 nitrogen and oxygen atoms in total. The maximum Gasteiger partial charge on any atom is 0.375 e. The molecule has 1 saturated heterocycles.